The maximum atomic E-state index is 13.0. The standard InChI is InChI=1S/C26H30N4O3S/c1-34-17-12-23(26(32)33)28-19-22(18-27)25(31)30-15-13-29(14-16-30)24(20-8-4-2-5-9-20)21-10-6-3-7-11-21/h2-11,19,23-24,28H,12-17H2,1H3,(H,32,33)/b22-19-. The molecule has 178 valence electrons. The van der Waals surface area contributed by atoms with Crippen molar-refractivity contribution in [1.29, 1.82) is 5.26 Å². The lowest BCUT2D eigenvalue weighted by atomic mass is 9.96. The molecule has 34 heavy (non-hydrogen) atoms. The second-order valence-electron chi connectivity index (χ2n) is 8.06. The van der Waals surface area contributed by atoms with Crippen LogP contribution >= 0.6 is 11.8 Å². The minimum absolute atomic E-state index is 0.0773. The van der Waals surface area contributed by atoms with Gasteiger partial charge in [-0.05, 0) is 29.6 Å². The van der Waals surface area contributed by atoms with E-state index in [-0.39, 0.29) is 17.5 Å². The van der Waals surface area contributed by atoms with Gasteiger partial charge in [0.2, 0.25) is 0 Å². The molecule has 2 aromatic carbocycles. The highest BCUT2D eigenvalue weighted by atomic mass is 32.2. The van der Waals surface area contributed by atoms with Gasteiger partial charge in [0.05, 0.1) is 6.04 Å². The van der Waals surface area contributed by atoms with Crippen molar-refractivity contribution in [2.75, 3.05) is 38.2 Å². The maximum absolute atomic E-state index is 13.0. The first kappa shape index (κ1) is 25.3. The van der Waals surface area contributed by atoms with Crippen LogP contribution in [0.3, 0.4) is 0 Å². The van der Waals surface area contributed by atoms with E-state index in [2.05, 4.69) is 34.5 Å². The largest absolute Gasteiger partial charge is 0.480 e. The van der Waals surface area contributed by atoms with Gasteiger partial charge in [-0.1, -0.05) is 60.7 Å². The molecule has 0 aromatic heterocycles. The topological polar surface area (TPSA) is 96.7 Å². The number of nitriles is 1. The summed E-state index contributed by atoms with van der Waals surface area (Å²) >= 11 is 1.55. The number of amides is 1. The Hall–Kier alpha value is -3.28. The zero-order valence-electron chi connectivity index (χ0n) is 19.3. The van der Waals surface area contributed by atoms with Gasteiger partial charge in [-0.15, -0.1) is 0 Å². The van der Waals surface area contributed by atoms with E-state index in [1.165, 1.54) is 17.3 Å². The zero-order valence-corrected chi connectivity index (χ0v) is 20.1. The van der Waals surface area contributed by atoms with Crippen molar-refractivity contribution in [3.05, 3.63) is 83.6 Å². The molecule has 1 heterocycles. The van der Waals surface area contributed by atoms with Crippen molar-refractivity contribution in [2.24, 2.45) is 0 Å². The van der Waals surface area contributed by atoms with E-state index in [9.17, 15) is 20.0 Å². The molecule has 1 fully saturated rings. The molecule has 1 aliphatic heterocycles. The Morgan fingerprint density at radius 3 is 2.09 bits per heavy atom. The van der Waals surface area contributed by atoms with E-state index >= 15 is 0 Å². The van der Waals surface area contributed by atoms with Crippen LogP contribution in [0.5, 0.6) is 0 Å². The quantitative estimate of drug-likeness (QED) is 0.400. The van der Waals surface area contributed by atoms with E-state index in [0.717, 1.165) is 0 Å². The summed E-state index contributed by atoms with van der Waals surface area (Å²) in [6.07, 6.45) is 3.56. The summed E-state index contributed by atoms with van der Waals surface area (Å²) in [5.74, 6) is -0.712. The average molecular weight is 479 g/mol. The molecule has 1 amide bonds. The molecular formula is C26H30N4O3S. The molecule has 0 bridgehead atoms. The zero-order chi connectivity index (χ0) is 24.3. The Labute approximate surface area is 205 Å². The second kappa shape index (κ2) is 12.8. The summed E-state index contributed by atoms with van der Waals surface area (Å²) in [5.41, 5.74) is 2.31. The summed E-state index contributed by atoms with van der Waals surface area (Å²) in [5, 5.41) is 21.6. The predicted octanol–water partition coefficient (Wildman–Crippen LogP) is 3.12. The first-order chi connectivity index (χ1) is 16.5. The smallest absolute Gasteiger partial charge is 0.326 e. The number of thioether (sulfide) groups is 1. The van der Waals surface area contributed by atoms with Gasteiger partial charge in [0.1, 0.15) is 17.7 Å². The highest BCUT2D eigenvalue weighted by Crippen LogP contribution is 2.29. The Morgan fingerprint density at radius 2 is 1.62 bits per heavy atom. The fraction of sp³-hybridized carbons (Fsp3) is 0.346. The highest BCUT2D eigenvalue weighted by molar-refractivity contribution is 7.98. The molecule has 1 saturated heterocycles. The fourth-order valence-electron chi connectivity index (χ4n) is 4.08. The number of carbonyl (C=O) groups excluding carboxylic acids is 1. The second-order valence-corrected chi connectivity index (χ2v) is 9.05. The molecule has 0 spiro atoms. The van der Waals surface area contributed by atoms with Gasteiger partial charge in [-0.25, -0.2) is 4.79 Å². The maximum Gasteiger partial charge on any atom is 0.326 e. The van der Waals surface area contributed by atoms with E-state index in [4.69, 9.17) is 0 Å². The minimum Gasteiger partial charge on any atom is -0.480 e. The molecule has 2 aromatic rings. The number of nitrogens with zero attached hydrogens (tertiary/aromatic N) is 3. The Balaban J connectivity index is 1.68. The van der Waals surface area contributed by atoms with Gasteiger partial charge in [0.25, 0.3) is 5.91 Å². The van der Waals surface area contributed by atoms with Gasteiger partial charge in [-0.3, -0.25) is 9.69 Å². The van der Waals surface area contributed by atoms with Gasteiger partial charge < -0.3 is 15.3 Å². The first-order valence-electron chi connectivity index (χ1n) is 11.3. The normalized spacial score (nSPS) is 15.6. The monoisotopic (exact) mass is 478 g/mol. The first-order valence-corrected chi connectivity index (χ1v) is 12.7. The van der Waals surface area contributed by atoms with Gasteiger partial charge in [0.15, 0.2) is 0 Å². The third kappa shape index (κ3) is 6.62. The summed E-state index contributed by atoms with van der Waals surface area (Å²) in [7, 11) is 0. The molecular weight excluding hydrogens is 448 g/mol. The fourth-order valence-corrected chi connectivity index (χ4v) is 4.55. The molecule has 7 nitrogen and oxygen atoms in total. The Kier molecular flexibility index (Phi) is 9.56. The van der Waals surface area contributed by atoms with Crippen molar-refractivity contribution in [3.63, 3.8) is 0 Å². The Bertz CT molecular complexity index is 976. The van der Waals surface area contributed by atoms with Gasteiger partial charge >= 0.3 is 5.97 Å². The molecule has 0 aliphatic carbocycles. The third-order valence-electron chi connectivity index (χ3n) is 5.89. The van der Waals surface area contributed by atoms with Crippen molar-refractivity contribution >= 4 is 23.6 Å². The number of piperazine rings is 1. The molecule has 0 radical (unpaired) electrons. The number of aliphatic carboxylic acids is 1. The lowest BCUT2D eigenvalue weighted by molar-refractivity contribution is -0.139. The lowest BCUT2D eigenvalue weighted by Gasteiger charge is -2.39. The molecule has 0 saturated carbocycles. The van der Waals surface area contributed by atoms with Gasteiger partial charge in [-0.2, -0.15) is 17.0 Å². The SMILES string of the molecule is CSCCC(N/C=C(/C#N)C(=O)N1CCN(C(c2ccccc2)c2ccccc2)CC1)C(=O)O. The number of carboxylic acids is 1. The molecule has 1 aliphatic rings. The van der Waals surface area contributed by atoms with E-state index < -0.39 is 12.0 Å². The summed E-state index contributed by atoms with van der Waals surface area (Å²) in [6.45, 7) is 2.31. The van der Waals surface area contributed by atoms with Crippen molar-refractivity contribution in [3.8, 4) is 6.07 Å². The summed E-state index contributed by atoms with van der Waals surface area (Å²) in [6, 6.07) is 21.8. The molecule has 1 unspecified atom stereocenters. The summed E-state index contributed by atoms with van der Waals surface area (Å²) < 4.78 is 0. The average Bonchev–Trinajstić information content (AvgIpc) is 2.87. The highest BCUT2D eigenvalue weighted by Gasteiger charge is 2.29. The number of hydrogen-bond acceptors (Lipinski definition) is 6. The Morgan fingerprint density at radius 1 is 1.06 bits per heavy atom. The van der Waals surface area contributed by atoms with Crippen LogP contribution in [0.15, 0.2) is 72.4 Å². The number of nitrogens with one attached hydrogen (secondary N) is 1. The molecule has 1 atom stereocenters. The number of hydrogen-bond donors (Lipinski definition) is 2. The number of benzene rings is 2. The van der Waals surface area contributed by atoms with E-state index in [1.54, 1.807) is 16.7 Å². The third-order valence-corrected chi connectivity index (χ3v) is 6.53. The van der Waals surface area contributed by atoms with Gasteiger partial charge in [0, 0.05) is 32.4 Å². The lowest BCUT2D eigenvalue weighted by Crippen LogP contribution is -2.50. The molecule has 3 rings (SSSR count). The minimum atomic E-state index is -1.00. The number of carbonyl (C=O) groups is 2. The van der Waals surface area contributed by atoms with Crippen LogP contribution in [-0.4, -0.2) is 71.0 Å². The number of carboxylic acid groups (broad SMARTS) is 1. The van der Waals surface area contributed by atoms with Crippen LogP contribution in [0.25, 0.3) is 0 Å². The van der Waals surface area contributed by atoms with Crippen LogP contribution in [0.4, 0.5) is 0 Å². The van der Waals surface area contributed by atoms with E-state index in [0.29, 0.717) is 38.4 Å². The van der Waals surface area contributed by atoms with Crippen LogP contribution in [-0.2, 0) is 9.59 Å². The number of rotatable bonds is 10. The van der Waals surface area contributed by atoms with Crippen LogP contribution in [0.2, 0.25) is 0 Å². The van der Waals surface area contributed by atoms with Crippen molar-refractivity contribution in [1.82, 2.24) is 15.1 Å². The molecule has 2 N–H and O–H groups in total. The van der Waals surface area contributed by atoms with Crippen LogP contribution < -0.4 is 5.32 Å². The van der Waals surface area contributed by atoms with Crippen molar-refractivity contribution in [2.45, 2.75) is 18.5 Å². The van der Waals surface area contributed by atoms with E-state index in [1.807, 2.05) is 48.7 Å². The van der Waals surface area contributed by atoms with Crippen LogP contribution in [0, 0.1) is 11.3 Å². The predicted molar refractivity (Wildman–Crippen MR) is 134 cm³/mol. The van der Waals surface area contributed by atoms with Crippen molar-refractivity contribution < 1.29 is 14.7 Å². The summed E-state index contributed by atoms with van der Waals surface area (Å²) in [4.78, 5) is 28.4. The molecule has 8 heteroatoms. The van der Waals surface area contributed by atoms with Crippen LogP contribution in [0.1, 0.15) is 23.6 Å².